The molecule has 2 aromatic carbocycles. The molecule has 1 unspecified atom stereocenters. The molecule has 2 heterocycles. The predicted molar refractivity (Wildman–Crippen MR) is 99.8 cm³/mol. The smallest absolute Gasteiger partial charge is 0.259 e. The molecule has 0 N–H and O–H groups in total. The maximum Gasteiger partial charge on any atom is 0.259 e. The van der Waals surface area contributed by atoms with Gasteiger partial charge in [0.05, 0.1) is 6.04 Å². The molecule has 1 aliphatic heterocycles. The molecule has 3 aromatic rings. The van der Waals surface area contributed by atoms with Crippen LogP contribution in [0, 0.1) is 0 Å². The SMILES string of the molecule is CCc1ccc(C2Cc3ccccc3C(=O)N2c2ccccc2)s1. The number of aryl methyl sites for hydroxylation is 1. The van der Waals surface area contributed by atoms with Crippen LogP contribution in [0.5, 0.6) is 0 Å². The topological polar surface area (TPSA) is 20.3 Å². The summed E-state index contributed by atoms with van der Waals surface area (Å²) in [5, 5.41) is 0. The lowest BCUT2D eigenvalue weighted by Gasteiger charge is -2.36. The highest BCUT2D eigenvalue weighted by Crippen LogP contribution is 2.39. The van der Waals surface area contributed by atoms with Gasteiger partial charge in [-0.1, -0.05) is 43.3 Å². The molecule has 4 rings (SSSR count). The van der Waals surface area contributed by atoms with Crippen LogP contribution in [0.3, 0.4) is 0 Å². The molecule has 0 saturated carbocycles. The first-order valence-electron chi connectivity index (χ1n) is 8.33. The van der Waals surface area contributed by atoms with Crippen molar-refractivity contribution < 1.29 is 4.79 Å². The molecular formula is C21H19NOS. The third-order valence-electron chi connectivity index (χ3n) is 4.59. The van der Waals surface area contributed by atoms with Crippen molar-refractivity contribution in [3.05, 3.63) is 87.6 Å². The predicted octanol–water partition coefficient (Wildman–Crippen LogP) is 5.25. The van der Waals surface area contributed by atoms with Crippen LogP contribution < -0.4 is 4.90 Å². The van der Waals surface area contributed by atoms with Gasteiger partial charge in [-0.25, -0.2) is 0 Å². The second-order valence-electron chi connectivity index (χ2n) is 6.05. The highest BCUT2D eigenvalue weighted by Gasteiger charge is 2.34. The number of amides is 1. The summed E-state index contributed by atoms with van der Waals surface area (Å²) in [5.41, 5.74) is 2.93. The fourth-order valence-corrected chi connectivity index (χ4v) is 4.40. The first-order valence-corrected chi connectivity index (χ1v) is 9.14. The Kier molecular flexibility index (Phi) is 3.95. The molecule has 0 saturated heterocycles. The van der Waals surface area contributed by atoms with E-state index in [1.807, 2.05) is 64.8 Å². The first-order chi connectivity index (χ1) is 11.8. The Morgan fingerprint density at radius 3 is 2.50 bits per heavy atom. The molecule has 1 amide bonds. The summed E-state index contributed by atoms with van der Waals surface area (Å²) in [4.78, 5) is 17.8. The molecule has 0 fully saturated rings. The average molecular weight is 333 g/mol. The van der Waals surface area contributed by atoms with Crippen LogP contribution in [0.4, 0.5) is 5.69 Å². The molecule has 0 aliphatic carbocycles. The summed E-state index contributed by atoms with van der Waals surface area (Å²) in [6.45, 7) is 2.17. The molecule has 0 radical (unpaired) electrons. The third-order valence-corrected chi connectivity index (χ3v) is 5.92. The maximum absolute atomic E-state index is 13.2. The first kappa shape index (κ1) is 15.2. The van der Waals surface area contributed by atoms with Crippen molar-refractivity contribution in [2.24, 2.45) is 0 Å². The van der Waals surface area contributed by atoms with Crippen molar-refractivity contribution in [2.75, 3.05) is 4.90 Å². The third kappa shape index (κ3) is 2.55. The number of nitrogens with zero attached hydrogens (tertiary/aromatic N) is 1. The van der Waals surface area contributed by atoms with Crippen LogP contribution in [-0.4, -0.2) is 5.91 Å². The number of rotatable bonds is 3. The van der Waals surface area contributed by atoms with Crippen molar-refractivity contribution in [1.29, 1.82) is 0 Å². The van der Waals surface area contributed by atoms with E-state index >= 15 is 0 Å². The average Bonchev–Trinajstić information content (AvgIpc) is 3.11. The number of thiophene rings is 1. The van der Waals surface area contributed by atoms with Gasteiger partial charge >= 0.3 is 0 Å². The van der Waals surface area contributed by atoms with Crippen molar-refractivity contribution in [3.63, 3.8) is 0 Å². The molecule has 1 aromatic heterocycles. The van der Waals surface area contributed by atoms with Gasteiger partial charge in [0.15, 0.2) is 0 Å². The van der Waals surface area contributed by atoms with Gasteiger partial charge in [-0.15, -0.1) is 11.3 Å². The van der Waals surface area contributed by atoms with Crippen molar-refractivity contribution >= 4 is 22.9 Å². The van der Waals surface area contributed by atoms with Crippen molar-refractivity contribution in [3.8, 4) is 0 Å². The monoisotopic (exact) mass is 333 g/mol. The van der Waals surface area contributed by atoms with Gasteiger partial charge in [0.1, 0.15) is 0 Å². The van der Waals surface area contributed by atoms with Gasteiger partial charge in [0, 0.05) is 21.0 Å². The Balaban J connectivity index is 1.84. The fourth-order valence-electron chi connectivity index (χ4n) is 3.36. The standard InChI is InChI=1S/C21H19NOS/c1-2-17-12-13-20(24-17)19-14-15-8-6-7-11-18(15)21(23)22(19)16-9-4-3-5-10-16/h3-13,19H,2,14H2,1H3. The van der Waals surface area contributed by atoms with Crippen LogP contribution in [0.25, 0.3) is 0 Å². The van der Waals surface area contributed by atoms with Crippen molar-refractivity contribution in [2.45, 2.75) is 25.8 Å². The number of carbonyl (C=O) groups is 1. The number of para-hydroxylation sites is 1. The normalized spacial score (nSPS) is 17.0. The number of benzene rings is 2. The maximum atomic E-state index is 13.2. The summed E-state index contributed by atoms with van der Waals surface area (Å²) >= 11 is 1.82. The second kappa shape index (κ2) is 6.25. The van der Waals surface area contributed by atoms with E-state index in [1.54, 1.807) is 0 Å². The van der Waals surface area contributed by atoms with Crippen LogP contribution >= 0.6 is 11.3 Å². The minimum Gasteiger partial charge on any atom is -0.300 e. The zero-order valence-electron chi connectivity index (χ0n) is 13.6. The number of fused-ring (bicyclic) bond motifs is 1. The van der Waals surface area contributed by atoms with Gasteiger partial charge in [0.25, 0.3) is 5.91 Å². The lowest BCUT2D eigenvalue weighted by Crippen LogP contribution is -2.40. The lowest BCUT2D eigenvalue weighted by atomic mass is 9.92. The van der Waals surface area contributed by atoms with Gasteiger partial charge in [-0.05, 0) is 48.7 Å². The minimum absolute atomic E-state index is 0.0695. The van der Waals surface area contributed by atoms with Crippen molar-refractivity contribution in [1.82, 2.24) is 0 Å². The zero-order valence-corrected chi connectivity index (χ0v) is 14.4. The summed E-state index contributed by atoms with van der Waals surface area (Å²) in [7, 11) is 0. The van der Waals surface area contributed by atoms with Crippen LogP contribution in [-0.2, 0) is 12.8 Å². The molecule has 0 spiro atoms. The van der Waals surface area contributed by atoms with Crippen LogP contribution in [0.15, 0.2) is 66.7 Å². The fraction of sp³-hybridized carbons (Fsp3) is 0.190. The van der Waals surface area contributed by atoms with Gasteiger partial charge in [0.2, 0.25) is 0 Å². The van der Waals surface area contributed by atoms with Crippen LogP contribution in [0.1, 0.15) is 38.6 Å². The number of hydrogen-bond acceptors (Lipinski definition) is 2. The molecule has 0 bridgehead atoms. The Labute approximate surface area is 146 Å². The van der Waals surface area contributed by atoms with E-state index < -0.39 is 0 Å². The van der Waals surface area contributed by atoms with E-state index in [0.29, 0.717) is 0 Å². The van der Waals surface area contributed by atoms with Gasteiger partial charge in [-0.3, -0.25) is 9.69 Å². The molecule has 1 aliphatic rings. The highest BCUT2D eigenvalue weighted by atomic mass is 32.1. The molecule has 24 heavy (non-hydrogen) atoms. The largest absolute Gasteiger partial charge is 0.300 e. The van der Waals surface area contributed by atoms with E-state index in [-0.39, 0.29) is 11.9 Å². The molecule has 120 valence electrons. The summed E-state index contributed by atoms with van der Waals surface area (Å²) in [6.07, 6.45) is 1.90. The Hall–Kier alpha value is -2.39. The molecular weight excluding hydrogens is 314 g/mol. The van der Waals surface area contributed by atoms with E-state index in [0.717, 1.165) is 29.7 Å². The lowest BCUT2D eigenvalue weighted by molar-refractivity contribution is 0.0967. The summed E-state index contributed by atoms with van der Waals surface area (Å²) < 4.78 is 0. The van der Waals surface area contributed by atoms with E-state index in [2.05, 4.69) is 25.1 Å². The Morgan fingerprint density at radius 2 is 1.75 bits per heavy atom. The summed E-state index contributed by atoms with van der Waals surface area (Å²) in [5.74, 6) is 0.0968. The molecule has 3 heteroatoms. The zero-order chi connectivity index (χ0) is 16.5. The second-order valence-corrected chi connectivity index (χ2v) is 7.25. The molecule has 1 atom stereocenters. The number of hydrogen-bond donors (Lipinski definition) is 0. The van der Waals surface area contributed by atoms with E-state index in [1.165, 1.54) is 9.75 Å². The van der Waals surface area contributed by atoms with Gasteiger partial charge in [-0.2, -0.15) is 0 Å². The van der Waals surface area contributed by atoms with E-state index in [4.69, 9.17) is 0 Å². The Bertz CT molecular complexity index is 868. The Morgan fingerprint density at radius 1 is 1.00 bits per heavy atom. The quantitative estimate of drug-likeness (QED) is 0.640. The van der Waals surface area contributed by atoms with E-state index in [9.17, 15) is 4.79 Å². The van der Waals surface area contributed by atoms with Gasteiger partial charge < -0.3 is 0 Å². The highest BCUT2D eigenvalue weighted by molar-refractivity contribution is 7.12. The van der Waals surface area contributed by atoms with Crippen LogP contribution in [0.2, 0.25) is 0 Å². The number of anilines is 1. The molecule has 2 nitrogen and oxygen atoms in total. The minimum atomic E-state index is 0.0695. The summed E-state index contributed by atoms with van der Waals surface area (Å²) in [6, 6.07) is 22.4. The number of carbonyl (C=O) groups excluding carboxylic acids is 1.